The summed E-state index contributed by atoms with van der Waals surface area (Å²) in [6.07, 6.45) is 5.16. The molecule has 2 N–H and O–H groups in total. The van der Waals surface area contributed by atoms with E-state index in [4.69, 9.17) is 5.73 Å². The van der Waals surface area contributed by atoms with E-state index in [0.717, 1.165) is 6.54 Å². The van der Waals surface area contributed by atoms with Gasteiger partial charge in [-0.25, -0.2) is 0 Å². The summed E-state index contributed by atoms with van der Waals surface area (Å²) < 4.78 is 0. The summed E-state index contributed by atoms with van der Waals surface area (Å²) in [6, 6.07) is 0. The van der Waals surface area contributed by atoms with Crippen LogP contribution < -0.4 is 10.4 Å². The van der Waals surface area contributed by atoms with Crippen LogP contribution in [0, 0.1) is 0 Å². The van der Waals surface area contributed by atoms with Crippen LogP contribution in [0.15, 0.2) is 0 Å². The van der Waals surface area contributed by atoms with Crippen LogP contribution in [0.2, 0.25) is 0 Å². The summed E-state index contributed by atoms with van der Waals surface area (Å²) in [5.74, 6) is 0. The summed E-state index contributed by atoms with van der Waals surface area (Å²) in [4.78, 5) is 0. The Kier molecular flexibility index (Phi) is 13.5. The molecule has 0 fully saturated rings. The predicted molar refractivity (Wildman–Crippen MR) is 33.2 cm³/mol. The highest BCUT2D eigenvalue weighted by Crippen LogP contribution is 1.95. The second-order valence-corrected chi connectivity index (χ2v) is 1.85. The molecule has 0 heterocycles. The Morgan fingerprint density at radius 3 is 2.12 bits per heavy atom. The van der Waals surface area contributed by atoms with Crippen molar-refractivity contribution >= 4 is 0 Å². The standard InChI is InChI=1S/C6H15N.FH/c1-2-3-4-5-6-7;/h2-7H2,1H3;1H/p-1. The van der Waals surface area contributed by atoms with Crippen molar-refractivity contribution in [1.29, 1.82) is 0 Å². The van der Waals surface area contributed by atoms with Crippen molar-refractivity contribution in [2.75, 3.05) is 6.54 Å². The Morgan fingerprint density at radius 2 is 1.75 bits per heavy atom. The summed E-state index contributed by atoms with van der Waals surface area (Å²) in [5, 5.41) is 0. The summed E-state index contributed by atoms with van der Waals surface area (Å²) in [7, 11) is 0. The van der Waals surface area contributed by atoms with Gasteiger partial charge in [-0.3, -0.25) is 0 Å². The molecule has 0 aromatic heterocycles. The van der Waals surface area contributed by atoms with Gasteiger partial charge in [-0.1, -0.05) is 26.2 Å². The first-order valence-electron chi connectivity index (χ1n) is 3.12. The van der Waals surface area contributed by atoms with Gasteiger partial charge in [0.2, 0.25) is 0 Å². The fourth-order valence-electron chi connectivity index (χ4n) is 0.571. The van der Waals surface area contributed by atoms with E-state index >= 15 is 0 Å². The van der Waals surface area contributed by atoms with Crippen LogP contribution in [0.25, 0.3) is 0 Å². The average molecular weight is 120 g/mol. The van der Waals surface area contributed by atoms with E-state index in [2.05, 4.69) is 6.92 Å². The molecule has 0 amide bonds. The Morgan fingerprint density at radius 1 is 1.12 bits per heavy atom. The van der Waals surface area contributed by atoms with E-state index in [-0.39, 0.29) is 4.70 Å². The van der Waals surface area contributed by atoms with Gasteiger partial charge in [0.25, 0.3) is 0 Å². The minimum Gasteiger partial charge on any atom is -1.00 e. The molecular formula is C6H15FN-. The molecule has 0 aromatic carbocycles. The van der Waals surface area contributed by atoms with Gasteiger partial charge in [-0.2, -0.15) is 0 Å². The minimum absolute atomic E-state index is 0. The minimum atomic E-state index is 0. The maximum absolute atomic E-state index is 5.27. The molecule has 8 heavy (non-hydrogen) atoms. The largest absolute Gasteiger partial charge is 1.00 e. The van der Waals surface area contributed by atoms with E-state index in [9.17, 15) is 0 Å². The summed E-state index contributed by atoms with van der Waals surface area (Å²) in [5.41, 5.74) is 5.27. The fourth-order valence-corrected chi connectivity index (χ4v) is 0.571. The van der Waals surface area contributed by atoms with Crippen molar-refractivity contribution in [2.24, 2.45) is 5.73 Å². The highest BCUT2D eigenvalue weighted by molar-refractivity contribution is 4.38. The van der Waals surface area contributed by atoms with Crippen molar-refractivity contribution < 1.29 is 4.70 Å². The SMILES string of the molecule is CCCCCCN.[F-]. The molecule has 0 rings (SSSR count). The quantitative estimate of drug-likeness (QED) is 0.450. The molecule has 0 aliphatic heterocycles. The maximum atomic E-state index is 5.27. The summed E-state index contributed by atoms with van der Waals surface area (Å²) >= 11 is 0. The third-order valence-electron chi connectivity index (χ3n) is 1.06. The van der Waals surface area contributed by atoms with Crippen molar-refractivity contribution in [2.45, 2.75) is 32.6 Å². The zero-order chi connectivity index (χ0) is 5.54. The molecule has 0 aliphatic rings. The molecule has 0 aliphatic carbocycles. The third kappa shape index (κ3) is 9.31. The van der Waals surface area contributed by atoms with Gasteiger partial charge in [-0.15, -0.1) is 0 Å². The molecule has 1 nitrogen and oxygen atoms in total. The predicted octanol–water partition coefficient (Wildman–Crippen LogP) is -1.47. The number of unbranched alkanes of at least 4 members (excludes halogenated alkanes) is 3. The van der Waals surface area contributed by atoms with E-state index < -0.39 is 0 Å². The Bertz CT molecular complexity index is 27.7. The van der Waals surface area contributed by atoms with Gasteiger partial charge in [0.1, 0.15) is 0 Å². The molecule has 0 spiro atoms. The Hall–Kier alpha value is -0.110. The molecule has 0 radical (unpaired) electrons. The smallest absolute Gasteiger partial charge is 0.00773 e. The lowest BCUT2D eigenvalue weighted by Gasteiger charge is -1.90. The van der Waals surface area contributed by atoms with Gasteiger partial charge in [0.05, 0.1) is 0 Å². The number of nitrogens with two attached hydrogens (primary N) is 1. The first kappa shape index (κ1) is 10.8. The van der Waals surface area contributed by atoms with E-state index in [1.165, 1.54) is 25.7 Å². The number of hydrogen-bond acceptors (Lipinski definition) is 1. The van der Waals surface area contributed by atoms with Gasteiger partial charge in [0, 0.05) is 0 Å². The monoisotopic (exact) mass is 120 g/mol. The second-order valence-electron chi connectivity index (χ2n) is 1.85. The number of hydrogen-bond donors (Lipinski definition) is 1. The molecule has 0 atom stereocenters. The van der Waals surface area contributed by atoms with Gasteiger partial charge in [0.15, 0.2) is 0 Å². The maximum Gasteiger partial charge on any atom is -0.00773 e. The lowest BCUT2D eigenvalue weighted by molar-refractivity contribution is -0.00000173. The molecule has 2 heteroatoms. The topological polar surface area (TPSA) is 26.0 Å². The van der Waals surface area contributed by atoms with Crippen LogP contribution in [0.5, 0.6) is 0 Å². The fraction of sp³-hybridized carbons (Fsp3) is 1.00. The van der Waals surface area contributed by atoms with Crippen molar-refractivity contribution in [3.63, 3.8) is 0 Å². The lowest BCUT2D eigenvalue weighted by Crippen LogP contribution is -3.00. The molecule has 0 saturated carbocycles. The zero-order valence-electron chi connectivity index (χ0n) is 5.49. The lowest BCUT2D eigenvalue weighted by atomic mass is 10.2. The first-order valence-corrected chi connectivity index (χ1v) is 3.12. The molecule has 0 aromatic rings. The average Bonchev–Trinajstić information content (AvgIpc) is 1.69. The third-order valence-corrected chi connectivity index (χ3v) is 1.06. The molecular weight excluding hydrogens is 105 g/mol. The van der Waals surface area contributed by atoms with Crippen LogP contribution >= 0.6 is 0 Å². The van der Waals surface area contributed by atoms with Crippen LogP contribution in [-0.4, -0.2) is 6.54 Å². The van der Waals surface area contributed by atoms with Gasteiger partial charge in [-0.05, 0) is 13.0 Å². The number of rotatable bonds is 4. The van der Waals surface area contributed by atoms with Crippen LogP contribution in [0.4, 0.5) is 0 Å². The Balaban J connectivity index is 0. The van der Waals surface area contributed by atoms with Crippen LogP contribution in [0.3, 0.4) is 0 Å². The van der Waals surface area contributed by atoms with E-state index in [1.807, 2.05) is 0 Å². The van der Waals surface area contributed by atoms with Crippen molar-refractivity contribution in [1.82, 2.24) is 0 Å². The Labute approximate surface area is 50.6 Å². The molecule has 0 bridgehead atoms. The van der Waals surface area contributed by atoms with E-state index in [1.54, 1.807) is 0 Å². The normalized spacial score (nSPS) is 8.25. The first-order chi connectivity index (χ1) is 3.41. The highest BCUT2D eigenvalue weighted by Gasteiger charge is 1.80. The van der Waals surface area contributed by atoms with Gasteiger partial charge < -0.3 is 10.4 Å². The molecule has 0 saturated heterocycles. The molecule has 52 valence electrons. The van der Waals surface area contributed by atoms with Crippen LogP contribution in [-0.2, 0) is 0 Å². The van der Waals surface area contributed by atoms with Gasteiger partial charge >= 0.3 is 0 Å². The zero-order valence-corrected chi connectivity index (χ0v) is 5.49. The second kappa shape index (κ2) is 10.00. The van der Waals surface area contributed by atoms with Crippen LogP contribution in [0.1, 0.15) is 32.6 Å². The van der Waals surface area contributed by atoms with E-state index in [0.29, 0.717) is 0 Å². The highest BCUT2D eigenvalue weighted by atomic mass is 19.0. The summed E-state index contributed by atoms with van der Waals surface area (Å²) in [6.45, 7) is 3.07. The number of halogens is 1. The van der Waals surface area contributed by atoms with Crippen molar-refractivity contribution in [3.8, 4) is 0 Å². The molecule has 0 unspecified atom stereocenters. The van der Waals surface area contributed by atoms with Crippen molar-refractivity contribution in [3.05, 3.63) is 0 Å².